The van der Waals surface area contributed by atoms with E-state index in [1.165, 1.54) is 0 Å². The molecule has 3 nitrogen and oxygen atoms in total. The van der Waals surface area contributed by atoms with Gasteiger partial charge in [-0.2, -0.15) is 0 Å². The van der Waals surface area contributed by atoms with Crippen molar-refractivity contribution in [3.05, 3.63) is 52.0 Å². The van der Waals surface area contributed by atoms with Crippen molar-refractivity contribution in [2.75, 3.05) is 0 Å². The topological polar surface area (TPSA) is 48.9 Å². The summed E-state index contributed by atoms with van der Waals surface area (Å²) in [7, 11) is 0. The van der Waals surface area contributed by atoms with Crippen molar-refractivity contribution in [2.24, 2.45) is 0 Å². The molecular formula is C10H8Cl2N2O. The molecule has 0 saturated carbocycles. The van der Waals surface area contributed by atoms with Crippen LogP contribution in [0.3, 0.4) is 0 Å². The first-order valence-electron chi connectivity index (χ1n) is 4.31. The lowest BCUT2D eigenvalue weighted by Crippen LogP contribution is -2.01. The third-order valence-electron chi connectivity index (χ3n) is 2.04. The van der Waals surface area contributed by atoms with E-state index in [4.69, 9.17) is 23.2 Å². The monoisotopic (exact) mass is 242 g/mol. The second-order valence-electron chi connectivity index (χ2n) is 3.05. The van der Waals surface area contributed by atoms with Crippen LogP contribution in [0.15, 0.2) is 30.6 Å². The highest BCUT2D eigenvalue weighted by molar-refractivity contribution is 6.42. The first-order valence-corrected chi connectivity index (χ1v) is 5.06. The van der Waals surface area contributed by atoms with E-state index in [2.05, 4.69) is 9.97 Å². The summed E-state index contributed by atoms with van der Waals surface area (Å²) in [5.74, 6) is 0.480. The molecule has 0 aliphatic heterocycles. The lowest BCUT2D eigenvalue weighted by atomic mass is 10.1. The average molecular weight is 243 g/mol. The maximum absolute atomic E-state index is 9.90. The zero-order valence-electron chi connectivity index (χ0n) is 7.61. The first kappa shape index (κ1) is 10.5. The molecule has 2 rings (SSSR count). The Morgan fingerprint density at radius 2 is 2.07 bits per heavy atom. The second kappa shape index (κ2) is 4.23. The Morgan fingerprint density at radius 3 is 2.67 bits per heavy atom. The number of aromatic amines is 1. The number of aromatic nitrogens is 2. The molecule has 0 saturated heterocycles. The highest BCUT2D eigenvalue weighted by atomic mass is 35.5. The van der Waals surface area contributed by atoms with Crippen LogP contribution in [0.2, 0.25) is 10.0 Å². The maximum atomic E-state index is 9.90. The number of rotatable bonds is 2. The standard InChI is InChI=1S/C10H8Cl2N2O/c11-7-2-1-6(5-8(7)12)9(15)10-13-3-4-14-10/h1-5,9,15H,(H,13,14). The van der Waals surface area contributed by atoms with Crippen LogP contribution in [0.25, 0.3) is 0 Å². The summed E-state index contributed by atoms with van der Waals surface area (Å²) in [5, 5.41) is 10.8. The van der Waals surface area contributed by atoms with Gasteiger partial charge in [0.25, 0.3) is 0 Å². The van der Waals surface area contributed by atoms with Gasteiger partial charge in [0.2, 0.25) is 0 Å². The minimum atomic E-state index is -0.810. The minimum Gasteiger partial charge on any atom is -0.380 e. The normalized spacial score (nSPS) is 12.7. The zero-order chi connectivity index (χ0) is 10.8. The van der Waals surface area contributed by atoms with E-state index in [-0.39, 0.29) is 0 Å². The second-order valence-corrected chi connectivity index (χ2v) is 3.86. The van der Waals surface area contributed by atoms with Gasteiger partial charge in [0.05, 0.1) is 10.0 Å². The van der Waals surface area contributed by atoms with E-state index < -0.39 is 6.10 Å². The quantitative estimate of drug-likeness (QED) is 0.851. The number of hydrogen-bond acceptors (Lipinski definition) is 2. The Balaban J connectivity index is 2.34. The number of hydrogen-bond donors (Lipinski definition) is 2. The third kappa shape index (κ3) is 2.15. The lowest BCUT2D eigenvalue weighted by Gasteiger charge is -2.08. The van der Waals surface area contributed by atoms with E-state index in [1.807, 2.05) is 0 Å². The molecule has 5 heteroatoms. The van der Waals surface area contributed by atoms with Crippen LogP contribution in [-0.2, 0) is 0 Å². The number of aliphatic hydroxyl groups is 1. The molecule has 0 bridgehead atoms. The van der Waals surface area contributed by atoms with E-state index in [1.54, 1.807) is 30.6 Å². The molecule has 15 heavy (non-hydrogen) atoms. The predicted molar refractivity (Wildman–Crippen MR) is 59.1 cm³/mol. The highest BCUT2D eigenvalue weighted by Gasteiger charge is 2.13. The molecule has 0 aliphatic carbocycles. The largest absolute Gasteiger partial charge is 0.380 e. The molecule has 0 amide bonds. The van der Waals surface area contributed by atoms with E-state index >= 15 is 0 Å². The van der Waals surface area contributed by atoms with E-state index in [9.17, 15) is 5.11 Å². The van der Waals surface area contributed by atoms with Crippen molar-refractivity contribution in [3.63, 3.8) is 0 Å². The lowest BCUT2D eigenvalue weighted by molar-refractivity contribution is 0.211. The summed E-state index contributed by atoms with van der Waals surface area (Å²) < 4.78 is 0. The smallest absolute Gasteiger partial charge is 0.139 e. The highest BCUT2D eigenvalue weighted by Crippen LogP contribution is 2.27. The minimum absolute atomic E-state index is 0.416. The Morgan fingerprint density at radius 1 is 1.27 bits per heavy atom. The van der Waals surface area contributed by atoms with Gasteiger partial charge in [0.1, 0.15) is 11.9 Å². The number of nitrogens with zero attached hydrogens (tertiary/aromatic N) is 1. The van der Waals surface area contributed by atoms with Gasteiger partial charge in [-0.1, -0.05) is 29.3 Å². The number of halogens is 2. The Bertz CT molecular complexity index is 456. The van der Waals surface area contributed by atoms with Gasteiger partial charge in [-0.15, -0.1) is 0 Å². The van der Waals surface area contributed by atoms with Gasteiger partial charge >= 0.3 is 0 Å². The van der Waals surface area contributed by atoms with Crippen LogP contribution in [0.5, 0.6) is 0 Å². The number of imidazole rings is 1. The molecular weight excluding hydrogens is 235 g/mol. The van der Waals surface area contributed by atoms with Crippen LogP contribution < -0.4 is 0 Å². The summed E-state index contributed by atoms with van der Waals surface area (Å²) in [6.07, 6.45) is 2.42. The third-order valence-corrected chi connectivity index (χ3v) is 2.78. The van der Waals surface area contributed by atoms with E-state index in [0.29, 0.717) is 21.4 Å². The Kier molecular flexibility index (Phi) is 2.95. The van der Waals surface area contributed by atoms with Crippen LogP contribution in [0.4, 0.5) is 0 Å². The number of H-pyrrole nitrogens is 1. The molecule has 0 spiro atoms. The van der Waals surface area contributed by atoms with E-state index in [0.717, 1.165) is 0 Å². The van der Waals surface area contributed by atoms with Gasteiger partial charge < -0.3 is 10.1 Å². The summed E-state index contributed by atoms with van der Waals surface area (Å²) in [5.41, 5.74) is 0.652. The van der Waals surface area contributed by atoms with Gasteiger partial charge in [0, 0.05) is 12.4 Å². The van der Waals surface area contributed by atoms with Gasteiger partial charge in [-0.3, -0.25) is 0 Å². The summed E-state index contributed by atoms with van der Waals surface area (Å²) in [4.78, 5) is 6.80. The number of benzene rings is 1. The molecule has 0 radical (unpaired) electrons. The molecule has 1 atom stereocenters. The average Bonchev–Trinajstić information content (AvgIpc) is 2.74. The summed E-state index contributed by atoms with van der Waals surface area (Å²) in [6, 6.07) is 4.98. The summed E-state index contributed by atoms with van der Waals surface area (Å²) >= 11 is 11.6. The van der Waals surface area contributed by atoms with Crippen molar-refractivity contribution < 1.29 is 5.11 Å². The first-order chi connectivity index (χ1) is 7.18. The van der Waals surface area contributed by atoms with Crippen molar-refractivity contribution in [1.82, 2.24) is 9.97 Å². The SMILES string of the molecule is OC(c1ccc(Cl)c(Cl)c1)c1ncc[nH]1. The number of nitrogens with one attached hydrogen (secondary N) is 1. The Hall–Kier alpha value is -1.03. The van der Waals surface area contributed by atoms with Crippen LogP contribution >= 0.6 is 23.2 Å². The van der Waals surface area contributed by atoms with Gasteiger partial charge in [-0.25, -0.2) is 4.98 Å². The fourth-order valence-electron chi connectivity index (χ4n) is 1.27. The maximum Gasteiger partial charge on any atom is 0.139 e. The Labute approximate surface area is 96.7 Å². The summed E-state index contributed by atoms with van der Waals surface area (Å²) in [6.45, 7) is 0. The van der Waals surface area contributed by atoms with Crippen molar-refractivity contribution >= 4 is 23.2 Å². The molecule has 78 valence electrons. The molecule has 2 N–H and O–H groups in total. The molecule has 1 unspecified atom stereocenters. The zero-order valence-corrected chi connectivity index (χ0v) is 9.13. The van der Waals surface area contributed by atoms with Gasteiger partial charge in [0.15, 0.2) is 0 Å². The van der Waals surface area contributed by atoms with Crippen LogP contribution in [-0.4, -0.2) is 15.1 Å². The van der Waals surface area contributed by atoms with Crippen molar-refractivity contribution in [2.45, 2.75) is 6.10 Å². The molecule has 1 aromatic heterocycles. The fourth-order valence-corrected chi connectivity index (χ4v) is 1.57. The van der Waals surface area contributed by atoms with Crippen LogP contribution in [0, 0.1) is 0 Å². The van der Waals surface area contributed by atoms with Crippen LogP contribution in [0.1, 0.15) is 17.5 Å². The predicted octanol–water partition coefficient (Wildman–Crippen LogP) is 2.80. The molecule has 0 fully saturated rings. The molecule has 2 aromatic rings. The molecule has 1 aromatic carbocycles. The van der Waals surface area contributed by atoms with Crippen molar-refractivity contribution in [3.8, 4) is 0 Å². The van der Waals surface area contributed by atoms with Crippen molar-refractivity contribution in [1.29, 1.82) is 0 Å². The fraction of sp³-hybridized carbons (Fsp3) is 0.100. The molecule has 0 aliphatic rings. The number of aliphatic hydroxyl groups excluding tert-OH is 1. The van der Waals surface area contributed by atoms with Gasteiger partial charge in [-0.05, 0) is 17.7 Å². The molecule has 1 heterocycles.